The predicted octanol–water partition coefficient (Wildman–Crippen LogP) is 5.55. The molecule has 2 aromatic rings. The van der Waals surface area contributed by atoms with Gasteiger partial charge in [0.05, 0.1) is 21.3 Å². The summed E-state index contributed by atoms with van der Waals surface area (Å²) in [6, 6.07) is 18.0. The predicted molar refractivity (Wildman–Crippen MR) is 99.4 cm³/mol. The summed E-state index contributed by atoms with van der Waals surface area (Å²) in [6.07, 6.45) is 0. The standard InChI is InChI=1S/C19H20ClNOSi/c1-22-17-11-7-15(8-12-17)19(18(13-21)23(2,3)4)14-5-9-16(20)10-6-14/h5-12H,1-4H3/b19-18-. The number of benzene rings is 2. The van der Waals surface area contributed by atoms with Crippen LogP contribution in [0.4, 0.5) is 0 Å². The minimum Gasteiger partial charge on any atom is -0.497 e. The zero-order valence-electron chi connectivity index (χ0n) is 13.9. The molecule has 0 bridgehead atoms. The van der Waals surface area contributed by atoms with E-state index in [1.807, 2.05) is 48.5 Å². The molecule has 0 heterocycles. The van der Waals surface area contributed by atoms with E-state index < -0.39 is 8.07 Å². The lowest BCUT2D eigenvalue weighted by Crippen LogP contribution is -2.24. The lowest BCUT2D eigenvalue weighted by Gasteiger charge is -2.21. The first-order valence-corrected chi connectivity index (χ1v) is 11.3. The molecule has 0 aliphatic rings. The van der Waals surface area contributed by atoms with Gasteiger partial charge < -0.3 is 4.74 Å². The molecular formula is C19H20ClNOSi. The van der Waals surface area contributed by atoms with Gasteiger partial charge >= 0.3 is 0 Å². The van der Waals surface area contributed by atoms with Crippen LogP contribution in [0, 0.1) is 11.3 Å². The van der Waals surface area contributed by atoms with Gasteiger partial charge in [0, 0.05) is 10.2 Å². The Kier molecular flexibility index (Phi) is 5.30. The molecule has 4 heteroatoms. The third-order valence-electron chi connectivity index (χ3n) is 3.62. The van der Waals surface area contributed by atoms with Gasteiger partial charge in [-0.15, -0.1) is 0 Å². The van der Waals surface area contributed by atoms with Crippen LogP contribution < -0.4 is 4.74 Å². The highest BCUT2D eigenvalue weighted by molar-refractivity contribution is 6.85. The summed E-state index contributed by atoms with van der Waals surface area (Å²) in [5, 5.41) is 11.4. The molecule has 2 rings (SSSR count). The smallest absolute Gasteiger partial charge is 0.118 e. The minimum absolute atomic E-state index is 0.689. The molecule has 0 aromatic heterocycles. The van der Waals surface area contributed by atoms with Gasteiger partial charge in [0.1, 0.15) is 5.75 Å². The van der Waals surface area contributed by atoms with Crippen LogP contribution in [0.15, 0.2) is 53.7 Å². The second kappa shape index (κ2) is 7.04. The van der Waals surface area contributed by atoms with Crippen molar-refractivity contribution in [3.05, 3.63) is 69.9 Å². The fraction of sp³-hybridized carbons (Fsp3) is 0.211. The summed E-state index contributed by atoms with van der Waals surface area (Å²) in [5.74, 6) is 0.802. The summed E-state index contributed by atoms with van der Waals surface area (Å²) in [4.78, 5) is 0. The van der Waals surface area contributed by atoms with E-state index in [1.165, 1.54) is 0 Å². The molecule has 0 aliphatic heterocycles. The second-order valence-electron chi connectivity index (χ2n) is 6.35. The Morgan fingerprint density at radius 3 is 1.83 bits per heavy atom. The Bertz CT molecular complexity index is 750. The molecular weight excluding hydrogens is 322 g/mol. The number of hydrogen-bond donors (Lipinski definition) is 0. The van der Waals surface area contributed by atoms with Crippen molar-refractivity contribution in [3.63, 3.8) is 0 Å². The highest BCUT2D eigenvalue weighted by atomic mass is 35.5. The average molecular weight is 342 g/mol. The Morgan fingerprint density at radius 2 is 1.43 bits per heavy atom. The topological polar surface area (TPSA) is 33.0 Å². The average Bonchev–Trinajstić information content (AvgIpc) is 2.52. The quantitative estimate of drug-likeness (QED) is 0.539. The summed E-state index contributed by atoms with van der Waals surface area (Å²) < 4.78 is 5.23. The van der Waals surface area contributed by atoms with Crippen LogP contribution in [0.25, 0.3) is 5.57 Å². The molecule has 0 radical (unpaired) electrons. The van der Waals surface area contributed by atoms with E-state index in [-0.39, 0.29) is 0 Å². The molecule has 0 N–H and O–H groups in total. The largest absolute Gasteiger partial charge is 0.497 e. The molecule has 0 saturated carbocycles. The first kappa shape index (κ1) is 17.3. The van der Waals surface area contributed by atoms with E-state index in [9.17, 15) is 5.26 Å². The van der Waals surface area contributed by atoms with Crippen molar-refractivity contribution in [3.8, 4) is 11.8 Å². The fourth-order valence-corrected chi connectivity index (χ4v) is 3.93. The SMILES string of the molecule is COc1ccc(/C(=C(/C#N)[Si](C)(C)C)c2ccc(Cl)cc2)cc1. The molecule has 0 unspecified atom stereocenters. The molecule has 118 valence electrons. The van der Waals surface area contributed by atoms with Crippen LogP contribution in [-0.4, -0.2) is 15.2 Å². The van der Waals surface area contributed by atoms with Crippen molar-refractivity contribution in [2.75, 3.05) is 7.11 Å². The number of hydrogen-bond acceptors (Lipinski definition) is 2. The maximum absolute atomic E-state index is 9.79. The van der Waals surface area contributed by atoms with Crippen molar-refractivity contribution >= 4 is 25.2 Å². The van der Waals surface area contributed by atoms with Gasteiger partial charge in [0.25, 0.3) is 0 Å². The van der Waals surface area contributed by atoms with Gasteiger partial charge in [-0.05, 0) is 41.0 Å². The number of rotatable bonds is 4. The third kappa shape index (κ3) is 4.04. The summed E-state index contributed by atoms with van der Waals surface area (Å²) >= 11 is 6.02. The van der Waals surface area contributed by atoms with Crippen LogP contribution in [0.2, 0.25) is 24.7 Å². The van der Waals surface area contributed by atoms with Gasteiger partial charge in [-0.3, -0.25) is 0 Å². The van der Waals surface area contributed by atoms with Crippen molar-refractivity contribution in [1.29, 1.82) is 5.26 Å². The Balaban J connectivity index is 2.71. The summed E-state index contributed by atoms with van der Waals surface area (Å²) in [6.45, 7) is 6.56. The van der Waals surface area contributed by atoms with Crippen molar-refractivity contribution in [2.45, 2.75) is 19.6 Å². The molecule has 0 atom stereocenters. The van der Waals surface area contributed by atoms with Gasteiger partial charge in [-0.1, -0.05) is 55.5 Å². The highest BCUT2D eigenvalue weighted by Gasteiger charge is 2.25. The number of methoxy groups -OCH3 is 1. The zero-order chi connectivity index (χ0) is 17.0. The molecule has 2 aromatic carbocycles. The fourth-order valence-electron chi connectivity index (χ4n) is 2.43. The number of nitriles is 1. The van der Waals surface area contributed by atoms with E-state index in [0.717, 1.165) is 27.6 Å². The van der Waals surface area contributed by atoms with Crippen molar-refractivity contribution in [1.82, 2.24) is 0 Å². The van der Waals surface area contributed by atoms with Crippen molar-refractivity contribution in [2.24, 2.45) is 0 Å². The first-order chi connectivity index (χ1) is 10.9. The molecule has 23 heavy (non-hydrogen) atoms. The van der Waals surface area contributed by atoms with Gasteiger partial charge in [-0.25, -0.2) is 0 Å². The van der Waals surface area contributed by atoms with Crippen molar-refractivity contribution < 1.29 is 4.74 Å². The number of ether oxygens (including phenoxy) is 1. The lowest BCUT2D eigenvalue weighted by molar-refractivity contribution is 0.415. The Morgan fingerprint density at radius 1 is 0.957 bits per heavy atom. The first-order valence-electron chi connectivity index (χ1n) is 7.42. The number of halogens is 1. The summed E-state index contributed by atoms with van der Waals surface area (Å²) in [7, 11) is -0.150. The van der Waals surface area contributed by atoms with Crippen LogP contribution in [0.1, 0.15) is 11.1 Å². The van der Waals surface area contributed by atoms with Gasteiger partial charge in [-0.2, -0.15) is 5.26 Å². The van der Waals surface area contributed by atoms with E-state index in [4.69, 9.17) is 16.3 Å². The van der Waals surface area contributed by atoms with E-state index >= 15 is 0 Å². The zero-order valence-corrected chi connectivity index (χ0v) is 15.6. The Labute approximate surface area is 144 Å². The summed E-state index contributed by atoms with van der Waals surface area (Å²) in [5.41, 5.74) is 3.02. The maximum Gasteiger partial charge on any atom is 0.118 e. The minimum atomic E-state index is -1.80. The van der Waals surface area contributed by atoms with Gasteiger partial charge in [0.15, 0.2) is 0 Å². The van der Waals surface area contributed by atoms with Crippen LogP contribution >= 0.6 is 11.6 Å². The molecule has 0 saturated heterocycles. The second-order valence-corrected chi connectivity index (χ2v) is 11.8. The van der Waals surface area contributed by atoms with Crippen LogP contribution in [0.3, 0.4) is 0 Å². The number of allylic oxidation sites excluding steroid dienone is 1. The van der Waals surface area contributed by atoms with Gasteiger partial charge in [0.2, 0.25) is 0 Å². The molecule has 0 amide bonds. The maximum atomic E-state index is 9.79. The molecule has 0 fully saturated rings. The molecule has 0 aliphatic carbocycles. The van der Waals surface area contributed by atoms with E-state index in [1.54, 1.807) is 7.11 Å². The lowest BCUT2D eigenvalue weighted by atomic mass is 9.97. The number of nitrogens with zero attached hydrogens (tertiary/aromatic N) is 1. The highest BCUT2D eigenvalue weighted by Crippen LogP contribution is 2.32. The monoisotopic (exact) mass is 341 g/mol. The van der Waals surface area contributed by atoms with E-state index in [2.05, 4.69) is 25.7 Å². The van der Waals surface area contributed by atoms with Crippen LogP contribution in [-0.2, 0) is 0 Å². The van der Waals surface area contributed by atoms with E-state index in [0.29, 0.717) is 5.02 Å². The molecule has 2 nitrogen and oxygen atoms in total. The molecule has 0 spiro atoms. The normalized spacial score (nSPS) is 12.3. The van der Waals surface area contributed by atoms with Crippen LogP contribution in [0.5, 0.6) is 5.75 Å². The third-order valence-corrected chi connectivity index (χ3v) is 5.74. The Hall–Kier alpha value is -2.02.